The second kappa shape index (κ2) is 8.94. The minimum absolute atomic E-state index is 0.00655. The molecular formula is C19H19F2N3O3. The Morgan fingerprint density at radius 3 is 2.74 bits per heavy atom. The molecule has 0 saturated heterocycles. The highest BCUT2D eigenvalue weighted by molar-refractivity contribution is 5.68. The van der Waals surface area contributed by atoms with Crippen molar-refractivity contribution in [2.24, 2.45) is 0 Å². The molecule has 0 spiro atoms. The number of rotatable bonds is 4. The van der Waals surface area contributed by atoms with E-state index in [2.05, 4.69) is 31.9 Å². The molecule has 0 unspecified atom stereocenters. The molecule has 8 heteroatoms. The summed E-state index contributed by atoms with van der Waals surface area (Å²) in [6.45, 7) is 2.58. The first-order valence-electron chi connectivity index (χ1n) is 8.05. The number of hydrogen-bond acceptors (Lipinski definition) is 5. The van der Waals surface area contributed by atoms with E-state index in [1.807, 2.05) is 20.8 Å². The number of aromatic nitrogens is 2. The zero-order valence-electron chi connectivity index (χ0n) is 15.1. The average Bonchev–Trinajstić information content (AvgIpc) is 2.57. The van der Waals surface area contributed by atoms with Gasteiger partial charge in [-0.1, -0.05) is 12.0 Å². The van der Waals surface area contributed by atoms with Gasteiger partial charge in [-0.3, -0.25) is 4.98 Å². The maximum Gasteiger partial charge on any atom is 0.407 e. The van der Waals surface area contributed by atoms with Gasteiger partial charge in [-0.15, -0.1) is 0 Å². The van der Waals surface area contributed by atoms with Crippen molar-refractivity contribution in [2.45, 2.75) is 39.5 Å². The van der Waals surface area contributed by atoms with Gasteiger partial charge >= 0.3 is 12.7 Å². The summed E-state index contributed by atoms with van der Waals surface area (Å²) in [7, 11) is 0. The van der Waals surface area contributed by atoms with Crippen LogP contribution in [0.15, 0.2) is 36.5 Å². The molecule has 0 radical (unpaired) electrons. The zero-order chi connectivity index (χ0) is 19.9. The van der Waals surface area contributed by atoms with Crippen molar-refractivity contribution in [2.75, 3.05) is 0 Å². The largest absolute Gasteiger partial charge is 0.443 e. The molecule has 0 aliphatic rings. The molecule has 1 N–H and O–H groups in total. The molecule has 0 atom stereocenters. The summed E-state index contributed by atoms with van der Waals surface area (Å²) in [4.78, 5) is 19.7. The molecule has 27 heavy (non-hydrogen) atoms. The minimum Gasteiger partial charge on any atom is -0.443 e. The maximum absolute atomic E-state index is 12.2. The lowest BCUT2D eigenvalue weighted by atomic mass is 10.1. The highest BCUT2D eigenvalue weighted by Gasteiger charge is 2.14. The number of carbonyl (C=O) groups excluding carboxylic acids is 1. The predicted octanol–water partition coefficient (Wildman–Crippen LogP) is 3.50. The normalized spacial score (nSPS) is 10.7. The number of alkyl carbamates (subject to hydrolysis) is 1. The van der Waals surface area contributed by atoms with Crippen molar-refractivity contribution >= 4 is 6.09 Å². The molecule has 0 aliphatic heterocycles. The third-order valence-corrected chi connectivity index (χ3v) is 2.91. The first kappa shape index (κ1) is 20.1. The smallest absolute Gasteiger partial charge is 0.407 e. The second-order valence-electron chi connectivity index (χ2n) is 6.48. The maximum atomic E-state index is 12.2. The lowest BCUT2D eigenvalue weighted by Gasteiger charge is -2.19. The Morgan fingerprint density at radius 1 is 1.26 bits per heavy atom. The van der Waals surface area contributed by atoms with Crippen molar-refractivity contribution in [3.8, 4) is 17.7 Å². The summed E-state index contributed by atoms with van der Waals surface area (Å²) < 4.78 is 33.8. The summed E-state index contributed by atoms with van der Waals surface area (Å²) in [5.74, 6) is 5.42. The van der Waals surface area contributed by atoms with Crippen LogP contribution in [-0.2, 0) is 11.3 Å². The molecule has 6 nitrogen and oxygen atoms in total. The Morgan fingerprint density at radius 2 is 2.04 bits per heavy atom. The molecule has 2 heterocycles. The Hall–Kier alpha value is -3.21. The molecule has 2 rings (SSSR count). The lowest BCUT2D eigenvalue weighted by molar-refractivity contribution is -0.0528. The van der Waals surface area contributed by atoms with Gasteiger partial charge in [-0.05, 0) is 44.9 Å². The highest BCUT2D eigenvalue weighted by Crippen LogP contribution is 2.11. The Balaban J connectivity index is 2.02. The fourth-order valence-electron chi connectivity index (χ4n) is 1.89. The van der Waals surface area contributed by atoms with Gasteiger partial charge < -0.3 is 14.8 Å². The average molecular weight is 375 g/mol. The number of nitrogens with one attached hydrogen (secondary N) is 1. The van der Waals surface area contributed by atoms with Crippen LogP contribution in [0.1, 0.15) is 37.7 Å². The summed E-state index contributed by atoms with van der Waals surface area (Å²) >= 11 is 0. The van der Waals surface area contributed by atoms with Gasteiger partial charge in [0.25, 0.3) is 0 Å². The summed E-state index contributed by atoms with van der Waals surface area (Å²) in [6, 6.07) is 7.76. The van der Waals surface area contributed by atoms with Crippen LogP contribution in [0.5, 0.6) is 5.88 Å². The van der Waals surface area contributed by atoms with Crippen LogP contribution in [0, 0.1) is 11.8 Å². The van der Waals surface area contributed by atoms with E-state index in [0.717, 1.165) is 0 Å². The van der Waals surface area contributed by atoms with Crippen molar-refractivity contribution in [3.63, 3.8) is 0 Å². The van der Waals surface area contributed by atoms with Gasteiger partial charge in [-0.25, -0.2) is 9.78 Å². The van der Waals surface area contributed by atoms with Gasteiger partial charge in [0.15, 0.2) is 0 Å². The van der Waals surface area contributed by atoms with Crippen molar-refractivity contribution in [3.05, 3.63) is 53.5 Å². The van der Waals surface area contributed by atoms with Gasteiger partial charge in [0, 0.05) is 23.4 Å². The molecule has 2 aromatic rings. The topological polar surface area (TPSA) is 73.3 Å². The van der Waals surface area contributed by atoms with Crippen LogP contribution in [0.2, 0.25) is 0 Å². The summed E-state index contributed by atoms with van der Waals surface area (Å²) in [5.41, 5.74) is 1.02. The number of halogens is 2. The van der Waals surface area contributed by atoms with E-state index in [1.54, 1.807) is 18.2 Å². The molecular weight excluding hydrogens is 356 g/mol. The first-order valence-corrected chi connectivity index (χ1v) is 8.05. The third-order valence-electron chi connectivity index (χ3n) is 2.91. The summed E-state index contributed by atoms with van der Waals surface area (Å²) in [6.07, 6.45) is 0.995. The van der Waals surface area contributed by atoms with Crippen molar-refractivity contribution in [1.29, 1.82) is 0 Å². The SMILES string of the molecule is CC(C)(C)NC(=O)OCc1cc(C#Cc2cccc(OC(F)F)n2)ccn1. The molecule has 2 aromatic heterocycles. The number of amides is 1. The van der Waals surface area contributed by atoms with Crippen LogP contribution in [0.3, 0.4) is 0 Å². The highest BCUT2D eigenvalue weighted by atomic mass is 19.3. The third kappa shape index (κ3) is 7.69. The predicted molar refractivity (Wildman–Crippen MR) is 94.2 cm³/mol. The molecule has 0 aliphatic carbocycles. The molecule has 1 amide bonds. The molecule has 0 aromatic carbocycles. The van der Waals surface area contributed by atoms with E-state index in [0.29, 0.717) is 11.3 Å². The Bertz CT molecular complexity index is 855. The van der Waals surface area contributed by atoms with E-state index < -0.39 is 18.2 Å². The van der Waals surface area contributed by atoms with Gasteiger partial charge in [-0.2, -0.15) is 8.78 Å². The van der Waals surface area contributed by atoms with Crippen molar-refractivity contribution < 1.29 is 23.0 Å². The quantitative estimate of drug-likeness (QED) is 0.828. The standard InChI is InChI=1S/C19H19F2N3O3/c1-19(2,3)24-18(25)26-12-15-11-13(9-10-22-15)7-8-14-5-4-6-16(23-14)27-17(20)21/h4-6,9-11,17H,12H2,1-3H3,(H,24,25). The Labute approximate surface area is 155 Å². The summed E-state index contributed by atoms with van der Waals surface area (Å²) in [5, 5.41) is 2.68. The van der Waals surface area contributed by atoms with E-state index in [1.165, 1.54) is 18.3 Å². The van der Waals surface area contributed by atoms with Crippen LogP contribution in [0.25, 0.3) is 0 Å². The fourth-order valence-corrected chi connectivity index (χ4v) is 1.89. The van der Waals surface area contributed by atoms with E-state index in [-0.39, 0.29) is 18.2 Å². The number of hydrogen-bond donors (Lipinski definition) is 1. The van der Waals surface area contributed by atoms with Crippen LogP contribution in [0.4, 0.5) is 13.6 Å². The van der Waals surface area contributed by atoms with Crippen LogP contribution >= 0.6 is 0 Å². The van der Waals surface area contributed by atoms with Gasteiger partial charge in [0.2, 0.25) is 5.88 Å². The number of ether oxygens (including phenoxy) is 2. The van der Waals surface area contributed by atoms with Crippen LogP contribution < -0.4 is 10.1 Å². The molecule has 0 saturated carbocycles. The fraction of sp³-hybridized carbons (Fsp3) is 0.316. The van der Waals surface area contributed by atoms with E-state index >= 15 is 0 Å². The Kier molecular flexibility index (Phi) is 6.66. The van der Waals surface area contributed by atoms with Gasteiger partial charge in [0.1, 0.15) is 12.3 Å². The van der Waals surface area contributed by atoms with E-state index in [9.17, 15) is 13.6 Å². The number of pyridine rings is 2. The molecule has 0 fully saturated rings. The first-order chi connectivity index (χ1) is 12.7. The lowest BCUT2D eigenvalue weighted by Crippen LogP contribution is -2.40. The number of nitrogens with zero attached hydrogens (tertiary/aromatic N) is 2. The minimum atomic E-state index is -2.95. The molecule has 142 valence electrons. The second-order valence-corrected chi connectivity index (χ2v) is 6.48. The van der Waals surface area contributed by atoms with Gasteiger partial charge in [0.05, 0.1) is 5.69 Å². The number of carbonyl (C=O) groups is 1. The van der Waals surface area contributed by atoms with E-state index in [4.69, 9.17) is 4.74 Å². The van der Waals surface area contributed by atoms with Crippen LogP contribution in [-0.4, -0.2) is 28.2 Å². The number of alkyl halides is 2. The molecule has 0 bridgehead atoms. The zero-order valence-corrected chi connectivity index (χ0v) is 15.1. The monoisotopic (exact) mass is 375 g/mol. The van der Waals surface area contributed by atoms with Crippen molar-refractivity contribution in [1.82, 2.24) is 15.3 Å².